The molecule has 0 saturated heterocycles. The smallest absolute Gasteiger partial charge is 0.252 e. The largest absolute Gasteiger partial charge is 0.352 e. The fourth-order valence-corrected chi connectivity index (χ4v) is 2.57. The lowest BCUT2D eigenvalue weighted by molar-refractivity contribution is 0.0950. The minimum absolute atomic E-state index is 0.00157. The van der Waals surface area contributed by atoms with Crippen LogP contribution in [0.4, 0.5) is 0 Å². The van der Waals surface area contributed by atoms with Crippen LogP contribution in [-0.4, -0.2) is 17.4 Å². The highest BCUT2D eigenvalue weighted by molar-refractivity contribution is 5.93. The predicted molar refractivity (Wildman–Crippen MR) is 72.5 cm³/mol. The van der Waals surface area contributed by atoms with Crippen molar-refractivity contribution in [2.75, 3.05) is 6.54 Å². The number of hydrogen-bond acceptors (Lipinski definition) is 2. The maximum absolute atomic E-state index is 11.8. The molecule has 0 spiro atoms. The van der Waals surface area contributed by atoms with Crippen molar-refractivity contribution in [2.45, 2.75) is 45.4 Å². The number of hydrogen-bond donors (Lipinski definition) is 1. The van der Waals surface area contributed by atoms with Gasteiger partial charge in [0.25, 0.3) is 5.91 Å². The number of aryl methyl sites for hydroxylation is 1. The van der Waals surface area contributed by atoms with Crippen LogP contribution in [-0.2, 0) is 0 Å². The van der Waals surface area contributed by atoms with Gasteiger partial charge in [-0.15, -0.1) is 0 Å². The van der Waals surface area contributed by atoms with Crippen molar-refractivity contribution in [1.82, 2.24) is 10.3 Å². The molecular formula is C15H22N2O. The normalized spacial score (nSPS) is 16.5. The molecule has 1 fully saturated rings. The maximum atomic E-state index is 11.8. The average Bonchev–Trinajstić information content (AvgIpc) is 2.40. The molecule has 0 atom stereocenters. The molecule has 1 aliphatic carbocycles. The lowest BCUT2D eigenvalue weighted by Gasteiger charge is -2.21. The third kappa shape index (κ3) is 3.83. The van der Waals surface area contributed by atoms with Gasteiger partial charge < -0.3 is 5.32 Å². The van der Waals surface area contributed by atoms with Crippen molar-refractivity contribution in [3.63, 3.8) is 0 Å². The second-order valence-corrected chi connectivity index (χ2v) is 5.24. The zero-order valence-electron chi connectivity index (χ0n) is 11.1. The molecule has 98 valence electrons. The van der Waals surface area contributed by atoms with Gasteiger partial charge in [-0.25, -0.2) is 0 Å². The summed E-state index contributed by atoms with van der Waals surface area (Å²) in [6, 6.07) is 3.70. The first-order chi connectivity index (χ1) is 8.75. The Kier molecular flexibility index (Phi) is 4.73. The Bertz CT molecular complexity index is 380. The van der Waals surface area contributed by atoms with Crippen LogP contribution in [0, 0.1) is 12.8 Å². The molecule has 1 amide bonds. The Balaban J connectivity index is 1.72. The molecular weight excluding hydrogens is 224 g/mol. The van der Waals surface area contributed by atoms with Crippen molar-refractivity contribution in [2.24, 2.45) is 5.92 Å². The van der Waals surface area contributed by atoms with E-state index in [1.54, 1.807) is 6.20 Å². The fraction of sp³-hybridized carbons (Fsp3) is 0.600. The predicted octanol–water partition coefficient (Wildman–Crippen LogP) is 3.09. The number of carbonyl (C=O) groups excluding carboxylic acids is 1. The molecule has 1 saturated carbocycles. The second-order valence-electron chi connectivity index (χ2n) is 5.24. The molecule has 3 heteroatoms. The summed E-state index contributed by atoms with van der Waals surface area (Å²) in [6.07, 6.45) is 9.54. The van der Waals surface area contributed by atoms with Crippen molar-refractivity contribution in [3.05, 3.63) is 29.6 Å². The van der Waals surface area contributed by atoms with Crippen LogP contribution in [0.25, 0.3) is 0 Å². The standard InChI is InChI=1S/C15H22N2O/c1-12-7-8-14(11-17-12)15(18)16-10-9-13-5-3-2-4-6-13/h7-8,11,13H,2-6,9-10H2,1H3,(H,16,18). The Morgan fingerprint density at radius 3 is 2.78 bits per heavy atom. The Morgan fingerprint density at radius 1 is 1.33 bits per heavy atom. The van der Waals surface area contributed by atoms with Crippen molar-refractivity contribution < 1.29 is 4.79 Å². The maximum Gasteiger partial charge on any atom is 0.252 e. The van der Waals surface area contributed by atoms with Gasteiger partial charge in [0.15, 0.2) is 0 Å². The monoisotopic (exact) mass is 246 g/mol. The molecule has 0 aliphatic heterocycles. The molecule has 2 rings (SSSR count). The summed E-state index contributed by atoms with van der Waals surface area (Å²) in [5.41, 5.74) is 1.60. The van der Waals surface area contributed by atoms with Gasteiger partial charge in [-0.3, -0.25) is 9.78 Å². The molecule has 0 aromatic carbocycles. The highest BCUT2D eigenvalue weighted by atomic mass is 16.1. The first-order valence-corrected chi connectivity index (χ1v) is 6.96. The highest BCUT2D eigenvalue weighted by Gasteiger charge is 2.13. The summed E-state index contributed by atoms with van der Waals surface area (Å²) in [4.78, 5) is 16.0. The van der Waals surface area contributed by atoms with Gasteiger partial charge in [0, 0.05) is 18.4 Å². The molecule has 1 N–H and O–H groups in total. The Hall–Kier alpha value is -1.38. The molecule has 18 heavy (non-hydrogen) atoms. The third-order valence-electron chi connectivity index (χ3n) is 3.74. The van der Waals surface area contributed by atoms with Gasteiger partial charge in [-0.2, -0.15) is 0 Å². The lowest BCUT2D eigenvalue weighted by atomic mass is 9.87. The van der Waals surface area contributed by atoms with Crippen LogP contribution in [0.2, 0.25) is 0 Å². The van der Waals surface area contributed by atoms with E-state index in [1.807, 2.05) is 19.1 Å². The zero-order chi connectivity index (χ0) is 12.8. The summed E-state index contributed by atoms with van der Waals surface area (Å²) in [6.45, 7) is 2.71. The highest BCUT2D eigenvalue weighted by Crippen LogP contribution is 2.25. The number of rotatable bonds is 4. The van der Waals surface area contributed by atoms with Crippen LogP contribution in [0.5, 0.6) is 0 Å². The van der Waals surface area contributed by atoms with E-state index in [0.29, 0.717) is 5.56 Å². The van der Waals surface area contributed by atoms with E-state index in [-0.39, 0.29) is 5.91 Å². The number of nitrogens with one attached hydrogen (secondary N) is 1. The topological polar surface area (TPSA) is 42.0 Å². The summed E-state index contributed by atoms with van der Waals surface area (Å²) in [5, 5.41) is 2.99. The lowest BCUT2D eigenvalue weighted by Crippen LogP contribution is -2.26. The number of pyridine rings is 1. The molecule has 1 heterocycles. The van der Waals surface area contributed by atoms with Crippen LogP contribution in [0.3, 0.4) is 0 Å². The molecule has 3 nitrogen and oxygen atoms in total. The average molecular weight is 246 g/mol. The molecule has 1 aromatic rings. The molecule has 1 aromatic heterocycles. The SMILES string of the molecule is Cc1ccc(C(=O)NCCC2CCCCC2)cn1. The fourth-order valence-electron chi connectivity index (χ4n) is 2.57. The van der Waals surface area contributed by atoms with Crippen molar-refractivity contribution in [3.8, 4) is 0 Å². The van der Waals surface area contributed by atoms with Gasteiger partial charge in [0.2, 0.25) is 0 Å². The van der Waals surface area contributed by atoms with Gasteiger partial charge in [-0.1, -0.05) is 32.1 Å². The number of nitrogens with zero attached hydrogens (tertiary/aromatic N) is 1. The minimum Gasteiger partial charge on any atom is -0.352 e. The number of aromatic nitrogens is 1. The van der Waals surface area contributed by atoms with Crippen LogP contribution >= 0.6 is 0 Å². The van der Waals surface area contributed by atoms with E-state index in [1.165, 1.54) is 32.1 Å². The van der Waals surface area contributed by atoms with Crippen LogP contribution < -0.4 is 5.32 Å². The van der Waals surface area contributed by atoms with E-state index >= 15 is 0 Å². The van der Waals surface area contributed by atoms with E-state index in [4.69, 9.17) is 0 Å². The third-order valence-corrected chi connectivity index (χ3v) is 3.74. The molecule has 0 unspecified atom stereocenters. The van der Waals surface area contributed by atoms with E-state index in [9.17, 15) is 4.79 Å². The first-order valence-electron chi connectivity index (χ1n) is 6.96. The summed E-state index contributed by atoms with van der Waals surface area (Å²) in [7, 11) is 0. The van der Waals surface area contributed by atoms with E-state index in [2.05, 4.69) is 10.3 Å². The molecule has 1 aliphatic rings. The molecule has 0 radical (unpaired) electrons. The van der Waals surface area contributed by atoms with Gasteiger partial charge in [0.1, 0.15) is 0 Å². The zero-order valence-corrected chi connectivity index (χ0v) is 11.1. The van der Waals surface area contributed by atoms with E-state index in [0.717, 1.165) is 24.6 Å². The van der Waals surface area contributed by atoms with Crippen LogP contribution in [0.15, 0.2) is 18.3 Å². The second kappa shape index (κ2) is 6.53. The quantitative estimate of drug-likeness (QED) is 0.887. The van der Waals surface area contributed by atoms with Crippen LogP contribution in [0.1, 0.15) is 54.6 Å². The van der Waals surface area contributed by atoms with E-state index < -0.39 is 0 Å². The van der Waals surface area contributed by atoms with Crippen molar-refractivity contribution >= 4 is 5.91 Å². The Morgan fingerprint density at radius 2 is 2.11 bits per heavy atom. The Labute approximate surface area is 109 Å². The summed E-state index contributed by atoms with van der Waals surface area (Å²) < 4.78 is 0. The van der Waals surface area contributed by atoms with Gasteiger partial charge in [-0.05, 0) is 31.4 Å². The van der Waals surface area contributed by atoms with Crippen molar-refractivity contribution in [1.29, 1.82) is 0 Å². The molecule has 0 bridgehead atoms. The number of amides is 1. The number of carbonyl (C=O) groups is 1. The first kappa shape index (κ1) is 13.1. The summed E-state index contributed by atoms with van der Waals surface area (Å²) in [5.74, 6) is 0.813. The summed E-state index contributed by atoms with van der Waals surface area (Å²) >= 11 is 0. The van der Waals surface area contributed by atoms with Gasteiger partial charge >= 0.3 is 0 Å². The van der Waals surface area contributed by atoms with Gasteiger partial charge in [0.05, 0.1) is 5.56 Å². The minimum atomic E-state index is -0.00157.